The molecule has 4 N–H and O–H groups in total. The zero-order chi connectivity index (χ0) is 11.3. The molecule has 0 aliphatic heterocycles. The number of aryl methyl sites for hydroxylation is 1. The van der Waals surface area contributed by atoms with Gasteiger partial charge in [-0.15, -0.1) is 12.4 Å². The Labute approximate surface area is 104 Å². The van der Waals surface area contributed by atoms with Gasteiger partial charge in [-0.25, -0.2) is 0 Å². The quantitative estimate of drug-likeness (QED) is 0.835. The fourth-order valence-corrected chi connectivity index (χ4v) is 1.64. The van der Waals surface area contributed by atoms with Gasteiger partial charge in [-0.1, -0.05) is 12.1 Å². The summed E-state index contributed by atoms with van der Waals surface area (Å²) in [4.78, 5) is 0. The molecule has 0 unspecified atom stereocenters. The zero-order valence-corrected chi connectivity index (χ0v) is 10.7. The monoisotopic (exact) mass is 244 g/mol. The van der Waals surface area contributed by atoms with Crippen molar-refractivity contribution in [2.45, 2.75) is 25.8 Å². The van der Waals surface area contributed by atoms with Crippen LogP contribution in [0.4, 0.5) is 0 Å². The summed E-state index contributed by atoms with van der Waals surface area (Å²) < 4.78 is 5.20. The van der Waals surface area contributed by atoms with E-state index in [9.17, 15) is 0 Å². The van der Waals surface area contributed by atoms with Crippen molar-refractivity contribution in [3.05, 3.63) is 29.3 Å². The largest absolute Gasteiger partial charge is 0.496 e. The lowest BCUT2D eigenvalue weighted by molar-refractivity contribution is 0.411. The second-order valence-corrected chi connectivity index (χ2v) is 3.77. The van der Waals surface area contributed by atoms with Crippen molar-refractivity contribution < 1.29 is 4.74 Å². The van der Waals surface area contributed by atoms with Gasteiger partial charge in [-0.3, -0.25) is 0 Å². The third-order valence-electron chi connectivity index (χ3n) is 2.57. The molecule has 92 valence electrons. The number of hydrogen-bond donors (Lipinski definition) is 2. The van der Waals surface area contributed by atoms with E-state index >= 15 is 0 Å². The molecular weight excluding hydrogens is 224 g/mol. The molecule has 1 rings (SSSR count). The van der Waals surface area contributed by atoms with Crippen molar-refractivity contribution in [1.82, 2.24) is 0 Å². The molecule has 0 aliphatic rings. The third-order valence-corrected chi connectivity index (χ3v) is 2.57. The highest BCUT2D eigenvalue weighted by Gasteiger charge is 2.07. The Morgan fingerprint density at radius 2 is 2.06 bits per heavy atom. The summed E-state index contributed by atoms with van der Waals surface area (Å²) in [6.07, 6.45) is 1.90. The molecule has 0 saturated heterocycles. The molecule has 0 radical (unpaired) electrons. The van der Waals surface area contributed by atoms with E-state index in [0.29, 0.717) is 6.54 Å². The molecule has 1 aromatic carbocycles. The topological polar surface area (TPSA) is 61.3 Å². The van der Waals surface area contributed by atoms with Gasteiger partial charge < -0.3 is 16.2 Å². The number of rotatable bonds is 5. The van der Waals surface area contributed by atoms with Crippen LogP contribution in [0.3, 0.4) is 0 Å². The Morgan fingerprint density at radius 3 is 2.56 bits per heavy atom. The molecule has 0 aliphatic carbocycles. The molecule has 3 nitrogen and oxygen atoms in total. The summed E-state index contributed by atoms with van der Waals surface area (Å²) in [6, 6.07) is 6.15. The van der Waals surface area contributed by atoms with Gasteiger partial charge in [0, 0.05) is 6.04 Å². The molecule has 4 heteroatoms. The number of halogens is 1. The van der Waals surface area contributed by atoms with Crippen molar-refractivity contribution in [1.29, 1.82) is 0 Å². The number of methoxy groups -OCH3 is 1. The lowest BCUT2D eigenvalue weighted by Crippen LogP contribution is -2.12. The fourth-order valence-electron chi connectivity index (χ4n) is 1.64. The predicted molar refractivity (Wildman–Crippen MR) is 70.2 cm³/mol. The van der Waals surface area contributed by atoms with Crippen LogP contribution in [0.5, 0.6) is 5.75 Å². The maximum Gasteiger partial charge on any atom is 0.121 e. The highest BCUT2D eigenvalue weighted by molar-refractivity contribution is 5.85. The average molecular weight is 245 g/mol. The van der Waals surface area contributed by atoms with Gasteiger partial charge in [-0.2, -0.15) is 0 Å². The van der Waals surface area contributed by atoms with Crippen LogP contribution in [0.15, 0.2) is 18.2 Å². The summed E-state index contributed by atoms with van der Waals surface area (Å²) >= 11 is 0. The molecule has 16 heavy (non-hydrogen) atoms. The van der Waals surface area contributed by atoms with Crippen LogP contribution in [0.25, 0.3) is 0 Å². The van der Waals surface area contributed by atoms with Crippen LogP contribution < -0.4 is 16.2 Å². The van der Waals surface area contributed by atoms with Crippen molar-refractivity contribution >= 4 is 12.4 Å². The lowest BCUT2D eigenvalue weighted by Gasteiger charge is -2.13. The van der Waals surface area contributed by atoms with Gasteiger partial charge in [0.1, 0.15) is 5.75 Å². The van der Waals surface area contributed by atoms with Gasteiger partial charge in [0.2, 0.25) is 0 Å². The van der Waals surface area contributed by atoms with E-state index in [2.05, 4.69) is 6.07 Å². The highest BCUT2D eigenvalue weighted by Crippen LogP contribution is 2.23. The van der Waals surface area contributed by atoms with Crippen LogP contribution in [-0.2, 0) is 0 Å². The molecule has 0 bridgehead atoms. The summed E-state index contributed by atoms with van der Waals surface area (Å²) in [5, 5.41) is 0. The maximum absolute atomic E-state index is 6.05. The lowest BCUT2D eigenvalue weighted by atomic mass is 10.0. The Hall–Kier alpha value is -0.770. The van der Waals surface area contributed by atoms with E-state index in [4.69, 9.17) is 16.2 Å². The molecule has 0 fully saturated rings. The molecule has 0 saturated carbocycles. The Balaban J connectivity index is 0.00000225. The van der Waals surface area contributed by atoms with Gasteiger partial charge >= 0.3 is 0 Å². The molecule has 1 atom stereocenters. The highest BCUT2D eigenvalue weighted by atomic mass is 35.5. The van der Waals surface area contributed by atoms with E-state index in [-0.39, 0.29) is 18.4 Å². The van der Waals surface area contributed by atoms with E-state index in [1.165, 1.54) is 0 Å². The summed E-state index contributed by atoms with van der Waals surface area (Å²) in [5.74, 6) is 0.907. The molecular formula is C12H21ClN2O. The van der Waals surface area contributed by atoms with Crippen LogP contribution in [0.1, 0.15) is 30.0 Å². The van der Waals surface area contributed by atoms with Crippen LogP contribution in [0, 0.1) is 6.92 Å². The molecule has 0 amide bonds. The van der Waals surface area contributed by atoms with E-state index in [1.807, 2.05) is 19.1 Å². The van der Waals surface area contributed by atoms with Crippen molar-refractivity contribution in [2.24, 2.45) is 11.5 Å². The third kappa shape index (κ3) is 4.00. The second-order valence-electron chi connectivity index (χ2n) is 3.77. The zero-order valence-electron chi connectivity index (χ0n) is 9.90. The summed E-state index contributed by atoms with van der Waals surface area (Å²) in [5.41, 5.74) is 13.8. The van der Waals surface area contributed by atoms with Crippen LogP contribution in [-0.4, -0.2) is 13.7 Å². The number of benzene rings is 1. The van der Waals surface area contributed by atoms with Gasteiger partial charge in [0.25, 0.3) is 0 Å². The first-order valence-electron chi connectivity index (χ1n) is 5.29. The van der Waals surface area contributed by atoms with Gasteiger partial charge in [-0.05, 0) is 43.5 Å². The number of nitrogens with two attached hydrogens (primary N) is 2. The summed E-state index contributed by atoms with van der Waals surface area (Å²) in [6.45, 7) is 2.72. The van der Waals surface area contributed by atoms with Gasteiger partial charge in [0.05, 0.1) is 7.11 Å². The van der Waals surface area contributed by atoms with E-state index in [0.717, 1.165) is 29.7 Å². The first kappa shape index (κ1) is 15.2. The maximum atomic E-state index is 6.05. The second kappa shape index (κ2) is 7.49. The predicted octanol–water partition coefficient (Wildman–Crippen LogP) is 2.16. The molecule has 1 aromatic rings. The van der Waals surface area contributed by atoms with Crippen molar-refractivity contribution in [2.75, 3.05) is 13.7 Å². The average Bonchev–Trinajstić information content (AvgIpc) is 2.25. The fraction of sp³-hybridized carbons (Fsp3) is 0.500. The molecule has 0 spiro atoms. The Kier molecular flexibility index (Phi) is 7.13. The first-order valence-corrected chi connectivity index (χ1v) is 5.29. The minimum Gasteiger partial charge on any atom is -0.496 e. The Bertz CT molecular complexity index is 318. The molecule has 0 aromatic heterocycles. The standard InChI is InChI=1S/C12H20N2O.ClH/c1-9-8-10(5-6-12(9)15-2)11(14)4-3-7-13;/h5-6,8,11H,3-4,7,13-14H2,1-2H3;1H/t11-;/m1./s1. The first-order chi connectivity index (χ1) is 7.19. The summed E-state index contributed by atoms with van der Waals surface area (Å²) in [7, 11) is 1.68. The molecule has 0 heterocycles. The van der Waals surface area contributed by atoms with Crippen molar-refractivity contribution in [3.8, 4) is 5.75 Å². The SMILES string of the molecule is COc1ccc([C@H](N)CCCN)cc1C.Cl. The minimum absolute atomic E-state index is 0. The van der Waals surface area contributed by atoms with E-state index < -0.39 is 0 Å². The van der Waals surface area contributed by atoms with Crippen molar-refractivity contribution in [3.63, 3.8) is 0 Å². The van der Waals surface area contributed by atoms with Crippen LogP contribution in [0.2, 0.25) is 0 Å². The number of hydrogen-bond acceptors (Lipinski definition) is 3. The van der Waals surface area contributed by atoms with Gasteiger partial charge in [0.15, 0.2) is 0 Å². The Morgan fingerprint density at radius 1 is 1.38 bits per heavy atom. The number of ether oxygens (including phenoxy) is 1. The minimum atomic E-state index is 0. The van der Waals surface area contributed by atoms with E-state index in [1.54, 1.807) is 7.11 Å². The smallest absolute Gasteiger partial charge is 0.121 e. The van der Waals surface area contributed by atoms with Crippen LogP contribution >= 0.6 is 12.4 Å². The normalized spacial score (nSPS) is 11.8.